The van der Waals surface area contributed by atoms with Crippen molar-refractivity contribution in [3.05, 3.63) is 71.3 Å². The van der Waals surface area contributed by atoms with Crippen molar-refractivity contribution >= 4 is 11.7 Å². The highest BCUT2D eigenvalue weighted by atomic mass is 16.2. The van der Waals surface area contributed by atoms with E-state index in [1.165, 1.54) is 0 Å². The fourth-order valence-electron chi connectivity index (χ4n) is 3.79. The van der Waals surface area contributed by atoms with Crippen LogP contribution in [0.1, 0.15) is 42.9 Å². The Morgan fingerprint density at radius 2 is 1.81 bits per heavy atom. The fraction of sp³-hybridized carbons (Fsp3) is 0.364. The quantitative estimate of drug-likeness (QED) is 0.841. The highest BCUT2D eigenvalue weighted by molar-refractivity contribution is 5.92. The molecule has 1 aliphatic carbocycles. The number of nitrogens with two attached hydrogens (primary N) is 1. The van der Waals surface area contributed by atoms with Gasteiger partial charge in [0.25, 0.3) is 0 Å². The van der Waals surface area contributed by atoms with E-state index in [0.717, 1.165) is 23.1 Å². The Bertz CT molecular complexity index is 788. The maximum Gasteiger partial charge on any atom is 0.220 e. The average molecular weight is 350 g/mol. The van der Waals surface area contributed by atoms with Gasteiger partial charge in [0.15, 0.2) is 5.78 Å². The predicted octanol–water partition coefficient (Wildman–Crippen LogP) is 2.88. The molecule has 0 saturated carbocycles. The number of ketones is 1. The molecule has 26 heavy (non-hydrogen) atoms. The van der Waals surface area contributed by atoms with Crippen molar-refractivity contribution in [2.75, 3.05) is 0 Å². The molecule has 0 radical (unpaired) electrons. The summed E-state index contributed by atoms with van der Waals surface area (Å²) in [6.45, 7) is 1.81. The molecule has 1 aliphatic rings. The first-order valence-electron chi connectivity index (χ1n) is 9.29. The van der Waals surface area contributed by atoms with E-state index in [1.807, 2.05) is 61.5 Å². The second-order valence-corrected chi connectivity index (χ2v) is 6.95. The lowest BCUT2D eigenvalue weighted by molar-refractivity contribution is -0.128. The lowest BCUT2D eigenvalue weighted by atomic mass is 9.70. The molecule has 0 aromatic heterocycles. The van der Waals surface area contributed by atoms with Crippen molar-refractivity contribution < 1.29 is 9.59 Å². The molecular formula is C22H26N2O2. The molecule has 4 heteroatoms. The van der Waals surface area contributed by atoms with Crippen LogP contribution in [0.4, 0.5) is 0 Å². The number of hydrogen-bond acceptors (Lipinski definition) is 3. The molecule has 0 heterocycles. The zero-order valence-corrected chi connectivity index (χ0v) is 15.2. The van der Waals surface area contributed by atoms with E-state index in [0.29, 0.717) is 25.7 Å². The van der Waals surface area contributed by atoms with Gasteiger partial charge in [-0.2, -0.15) is 0 Å². The van der Waals surface area contributed by atoms with Crippen LogP contribution in [0.25, 0.3) is 0 Å². The number of fused-ring (bicyclic) bond motifs is 1. The molecule has 2 unspecified atom stereocenters. The number of carbonyl (C=O) groups excluding carboxylic acids is 2. The summed E-state index contributed by atoms with van der Waals surface area (Å²) < 4.78 is 0. The summed E-state index contributed by atoms with van der Waals surface area (Å²) in [5, 5.41) is 2.99. The molecule has 2 aromatic carbocycles. The predicted molar refractivity (Wildman–Crippen MR) is 103 cm³/mol. The van der Waals surface area contributed by atoms with Crippen molar-refractivity contribution in [1.82, 2.24) is 5.32 Å². The largest absolute Gasteiger partial charge is 0.351 e. The second-order valence-electron chi connectivity index (χ2n) is 6.95. The Labute approximate surface area is 154 Å². The summed E-state index contributed by atoms with van der Waals surface area (Å²) in [4.78, 5) is 25.3. The maximum absolute atomic E-state index is 13.3. The number of benzene rings is 2. The SMILES string of the molecule is CCC(=O)NC1CCc2ccccc2C1(N)C(=O)CCc1ccccc1. The maximum atomic E-state index is 13.3. The minimum absolute atomic E-state index is 0.0186. The van der Waals surface area contributed by atoms with Gasteiger partial charge in [0.05, 0.1) is 6.04 Å². The molecule has 0 fully saturated rings. The molecule has 0 saturated heterocycles. The lowest BCUT2D eigenvalue weighted by Crippen LogP contribution is -2.62. The van der Waals surface area contributed by atoms with E-state index in [-0.39, 0.29) is 17.7 Å². The van der Waals surface area contributed by atoms with Crippen molar-refractivity contribution in [1.29, 1.82) is 0 Å². The number of hydrogen-bond donors (Lipinski definition) is 2. The van der Waals surface area contributed by atoms with Gasteiger partial charge in [-0.15, -0.1) is 0 Å². The second kappa shape index (κ2) is 7.83. The zero-order chi connectivity index (χ0) is 18.6. The Hall–Kier alpha value is -2.46. The minimum Gasteiger partial charge on any atom is -0.351 e. The third kappa shape index (κ3) is 3.56. The molecule has 2 aromatic rings. The Morgan fingerprint density at radius 1 is 1.12 bits per heavy atom. The average Bonchev–Trinajstić information content (AvgIpc) is 2.69. The van der Waals surface area contributed by atoms with Crippen LogP contribution in [0.3, 0.4) is 0 Å². The van der Waals surface area contributed by atoms with Crippen LogP contribution in [0.5, 0.6) is 0 Å². The first-order valence-corrected chi connectivity index (χ1v) is 9.29. The molecule has 0 bridgehead atoms. The summed E-state index contributed by atoms with van der Waals surface area (Å²) in [6, 6.07) is 17.4. The summed E-state index contributed by atoms with van der Waals surface area (Å²) in [7, 11) is 0. The van der Waals surface area contributed by atoms with Crippen molar-refractivity contribution in [2.24, 2.45) is 5.73 Å². The monoisotopic (exact) mass is 350 g/mol. The number of nitrogens with one attached hydrogen (secondary N) is 1. The summed E-state index contributed by atoms with van der Waals surface area (Å²) in [5.74, 6) is -0.0880. The van der Waals surface area contributed by atoms with Crippen molar-refractivity contribution in [3.8, 4) is 0 Å². The smallest absolute Gasteiger partial charge is 0.220 e. The van der Waals surface area contributed by atoms with Gasteiger partial charge in [0, 0.05) is 12.8 Å². The van der Waals surface area contributed by atoms with Crippen LogP contribution in [0.2, 0.25) is 0 Å². The van der Waals surface area contributed by atoms with E-state index in [4.69, 9.17) is 5.73 Å². The first kappa shape index (κ1) is 18.3. The fourth-order valence-corrected chi connectivity index (χ4v) is 3.79. The van der Waals surface area contributed by atoms with E-state index in [1.54, 1.807) is 0 Å². The number of rotatable bonds is 6. The molecule has 4 nitrogen and oxygen atoms in total. The van der Waals surface area contributed by atoms with Crippen LogP contribution >= 0.6 is 0 Å². The normalized spacial score (nSPS) is 21.7. The zero-order valence-electron chi connectivity index (χ0n) is 15.2. The molecular weight excluding hydrogens is 324 g/mol. The molecule has 0 spiro atoms. The molecule has 3 rings (SSSR count). The van der Waals surface area contributed by atoms with Crippen molar-refractivity contribution in [3.63, 3.8) is 0 Å². The number of carbonyl (C=O) groups is 2. The lowest BCUT2D eigenvalue weighted by Gasteiger charge is -2.42. The third-order valence-corrected chi connectivity index (χ3v) is 5.32. The first-order chi connectivity index (χ1) is 12.6. The molecule has 136 valence electrons. The Balaban J connectivity index is 1.88. The van der Waals surface area contributed by atoms with Gasteiger partial charge in [-0.05, 0) is 36.0 Å². The van der Waals surface area contributed by atoms with Crippen LogP contribution < -0.4 is 11.1 Å². The van der Waals surface area contributed by atoms with Gasteiger partial charge < -0.3 is 11.1 Å². The Morgan fingerprint density at radius 3 is 2.54 bits per heavy atom. The summed E-state index contributed by atoms with van der Waals surface area (Å²) >= 11 is 0. The van der Waals surface area contributed by atoms with Crippen LogP contribution in [-0.4, -0.2) is 17.7 Å². The standard InChI is InChI=1S/C22H26N2O2/c1-2-21(26)24-19-14-13-17-10-6-7-11-18(17)22(19,23)20(25)15-12-16-8-4-3-5-9-16/h3-11,19H,2,12-15,23H2,1H3,(H,24,26). The van der Waals surface area contributed by atoms with E-state index in [2.05, 4.69) is 5.32 Å². The highest BCUT2D eigenvalue weighted by Crippen LogP contribution is 2.35. The highest BCUT2D eigenvalue weighted by Gasteiger charge is 2.46. The van der Waals surface area contributed by atoms with Gasteiger partial charge in [0.2, 0.25) is 5.91 Å². The van der Waals surface area contributed by atoms with Gasteiger partial charge in [0.1, 0.15) is 5.54 Å². The topological polar surface area (TPSA) is 72.2 Å². The van der Waals surface area contributed by atoms with Crippen LogP contribution in [-0.2, 0) is 28.0 Å². The summed E-state index contributed by atoms with van der Waals surface area (Å²) in [6.07, 6.45) is 2.88. The number of amides is 1. The Kier molecular flexibility index (Phi) is 5.52. The van der Waals surface area contributed by atoms with Gasteiger partial charge in [-0.25, -0.2) is 0 Å². The van der Waals surface area contributed by atoms with E-state index in [9.17, 15) is 9.59 Å². The van der Waals surface area contributed by atoms with Crippen LogP contribution in [0, 0.1) is 0 Å². The van der Waals surface area contributed by atoms with Crippen LogP contribution in [0.15, 0.2) is 54.6 Å². The summed E-state index contributed by atoms with van der Waals surface area (Å²) in [5.41, 5.74) is 8.66. The molecule has 1 amide bonds. The van der Waals surface area contributed by atoms with Crippen molar-refractivity contribution in [2.45, 2.75) is 50.6 Å². The van der Waals surface area contributed by atoms with E-state index >= 15 is 0 Å². The van der Waals surface area contributed by atoms with E-state index < -0.39 is 5.54 Å². The molecule has 0 aliphatic heterocycles. The number of Topliss-reactive ketones (excluding diaryl/α,β-unsaturated/α-hetero) is 1. The van der Waals surface area contributed by atoms with Gasteiger partial charge in [-0.1, -0.05) is 61.5 Å². The minimum atomic E-state index is -1.17. The molecule has 3 N–H and O–H groups in total. The number of aryl methyl sites for hydroxylation is 2. The molecule has 2 atom stereocenters. The van der Waals surface area contributed by atoms with Gasteiger partial charge in [-0.3, -0.25) is 9.59 Å². The third-order valence-electron chi connectivity index (χ3n) is 5.32. The van der Waals surface area contributed by atoms with Gasteiger partial charge >= 0.3 is 0 Å².